The van der Waals surface area contributed by atoms with Crippen LogP contribution >= 0.6 is 11.6 Å². The molecule has 1 aromatic carbocycles. The second kappa shape index (κ2) is 11.3. The van der Waals surface area contributed by atoms with Gasteiger partial charge in [-0.3, -0.25) is 0 Å². The number of nitrogens with one attached hydrogen (secondary N) is 2. The number of halogens is 4. The second-order valence-electron chi connectivity index (χ2n) is 6.10. The minimum absolute atomic E-state index is 0.0325. The molecule has 0 unspecified atom stereocenters. The molecule has 0 atom stereocenters. The second-order valence-corrected chi connectivity index (χ2v) is 6.48. The largest absolute Gasteiger partial charge is 0.490 e. The molecule has 0 amide bonds. The third kappa shape index (κ3) is 6.97. The number of alkyl halides is 3. The summed E-state index contributed by atoms with van der Waals surface area (Å²) in [6, 6.07) is 2.22. The van der Waals surface area contributed by atoms with Crippen LogP contribution in [0.15, 0.2) is 17.7 Å². The van der Waals surface area contributed by atoms with Crippen LogP contribution in [0.1, 0.15) is 11.1 Å². The van der Waals surface area contributed by atoms with Gasteiger partial charge < -0.3 is 30.8 Å². The van der Waals surface area contributed by atoms with Gasteiger partial charge >= 0.3 is 6.18 Å². The Labute approximate surface area is 167 Å². The number of nitrogens with two attached hydrogens (primary N) is 1. The van der Waals surface area contributed by atoms with Gasteiger partial charge in [-0.1, -0.05) is 11.6 Å². The van der Waals surface area contributed by atoms with E-state index in [1.54, 1.807) is 0 Å². The van der Waals surface area contributed by atoms with Crippen LogP contribution in [0.4, 0.5) is 13.2 Å². The van der Waals surface area contributed by atoms with Gasteiger partial charge in [-0.05, 0) is 26.2 Å². The molecule has 0 aliphatic carbocycles. The zero-order valence-electron chi connectivity index (χ0n) is 16.1. The number of benzene rings is 1. The lowest BCUT2D eigenvalue weighted by molar-refractivity contribution is -0.137. The Balaban J connectivity index is 3.34. The monoisotopic (exact) mass is 422 g/mol. The Morgan fingerprint density at radius 3 is 2.57 bits per heavy atom. The van der Waals surface area contributed by atoms with Crippen molar-refractivity contribution in [2.75, 3.05) is 54.1 Å². The number of methoxy groups -OCH3 is 1. The summed E-state index contributed by atoms with van der Waals surface area (Å²) in [5.74, 6) is -0.139. The predicted molar refractivity (Wildman–Crippen MR) is 105 cm³/mol. The number of likely N-dealkylation sites (N-methyl/N-ethyl adjacent to an activating group) is 2. The van der Waals surface area contributed by atoms with Gasteiger partial charge in [0, 0.05) is 49.8 Å². The van der Waals surface area contributed by atoms with Crippen molar-refractivity contribution in [1.29, 1.82) is 5.41 Å². The van der Waals surface area contributed by atoms with Crippen molar-refractivity contribution in [3.63, 3.8) is 0 Å². The highest BCUT2D eigenvalue weighted by Gasteiger charge is 2.35. The van der Waals surface area contributed by atoms with E-state index in [9.17, 15) is 13.2 Å². The molecular weight excluding hydrogens is 397 g/mol. The van der Waals surface area contributed by atoms with Crippen molar-refractivity contribution < 1.29 is 22.6 Å². The standard InChI is InChI=1S/C18H26ClF3N4O2/c1-25-4-5-26(2)11-13(10-23)17(24)12-8-14(18(20,21)22)16(19)15(9-12)28-7-6-27-3/h8-10,23,25H,4-7,11,24H2,1-3H3. The highest BCUT2D eigenvalue weighted by Crippen LogP contribution is 2.41. The van der Waals surface area contributed by atoms with Crippen LogP contribution in [-0.2, 0) is 10.9 Å². The topological polar surface area (TPSA) is 83.6 Å². The molecule has 0 spiro atoms. The van der Waals surface area contributed by atoms with Crippen LogP contribution < -0.4 is 15.8 Å². The number of nitrogens with zero attached hydrogens (tertiary/aromatic N) is 1. The highest BCUT2D eigenvalue weighted by molar-refractivity contribution is 6.33. The smallest absolute Gasteiger partial charge is 0.418 e. The van der Waals surface area contributed by atoms with Crippen LogP contribution in [0.25, 0.3) is 5.70 Å². The quantitative estimate of drug-likeness (QED) is 0.377. The summed E-state index contributed by atoms with van der Waals surface area (Å²) in [5.41, 5.74) is 5.60. The van der Waals surface area contributed by atoms with E-state index < -0.39 is 16.8 Å². The fourth-order valence-corrected chi connectivity index (χ4v) is 2.64. The van der Waals surface area contributed by atoms with E-state index >= 15 is 0 Å². The molecular formula is C18H26ClF3N4O2. The average Bonchev–Trinajstić information content (AvgIpc) is 2.64. The van der Waals surface area contributed by atoms with Crippen molar-refractivity contribution in [2.24, 2.45) is 5.73 Å². The Morgan fingerprint density at radius 2 is 2.04 bits per heavy atom. The molecule has 0 saturated carbocycles. The maximum absolute atomic E-state index is 13.4. The minimum atomic E-state index is -4.68. The van der Waals surface area contributed by atoms with E-state index in [4.69, 9.17) is 32.2 Å². The van der Waals surface area contributed by atoms with Gasteiger partial charge in [-0.15, -0.1) is 0 Å². The van der Waals surface area contributed by atoms with Crippen molar-refractivity contribution in [2.45, 2.75) is 6.18 Å². The molecule has 0 heterocycles. The molecule has 0 saturated heterocycles. The number of hydrogen-bond acceptors (Lipinski definition) is 6. The molecule has 10 heteroatoms. The van der Waals surface area contributed by atoms with Crippen LogP contribution in [0.2, 0.25) is 5.02 Å². The maximum Gasteiger partial charge on any atom is 0.418 e. The van der Waals surface area contributed by atoms with Crippen molar-refractivity contribution in [1.82, 2.24) is 10.2 Å². The summed E-state index contributed by atoms with van der Waals surface area (Å²) >= 11 is 5.90. The Bertz CT molecular complexity index is 696. The predicted octanol–water partition coefficient (Wildman–Crippen LogP) is 2.85. The summed E-state index contributed by atoms with van der Waals surface area (Å²) in [4.78, 5) is 1.90. The molecule has 6 nitrogen and oxygen atoms in total. The molecule has 0 bridgehead atoms. The zero-order chi connectivity index (χ0) is 21.3. The van der Waals surface area contributed by atoms with Gasteiger partial charge in [0.2, 0.25) is 0 Å². The minimum Gasteiger partial charge on any atom is -0.490 e. The zero-order valence-corrected chi connectivity index (χ0v) is 16.9. The summed E-state index contributed by atoms with van der Waals surface area (Å²) in [6.07, 6.45) is -3.64. The van der Waals surface area contributed by atoms with E-state index in [1.807, 2.05) is 19.0 Å². The van der Waals surface area contributed by atoms with Crippen molar-refractivity contribution >= 4 is 23.5 Å². The van der Waals surface area contributed by atoms with Crippen LogP contribution in [0, 0.1) is 5.41 Å². The third-order valence-electron chi connectivity index (χ3n) is 3.90. The first kappa shape index (κ1) is 24.2. The molecule has 0 aromatic heterocycles. The van der Waals surface area contributed by atoms with Crippen LogP contribution in [-0.4, -0.2) is 65.2 Å². The first-order chi connectivity index (χ1) is 13.1. The maximum atomic E-state index is 13.4. The molecule has 0 aliphatic rings. The van der Waals surface area contributed by atoms with Gasteiger partial charge in [-0.2, -0.15) is 13.2 Å². The van der Waals surface area contributed by atoms with E-state index in [2.05, 4.69) is 5.32 Å². The number of rotatable bonds is 11. The molecule has 0 radical (unpaired) electrons. The van der Waals surface area contributed by atoms with Gasteiger partial charge in [-0.25, -0.2) is 0 Å². The van der Waals surface area contributed by atoms with Crippen molar-refractivity contribution in [3.8, 4) is 5.75 Å². The lowest BCUT2D eigenvalue weighted by Crippen LogP contribution is -2.30. The fourth-order valence-electron chi connectivity index (χ4n) is 2.37. The molecule has 4 N–H and O–H groups in total. The SMILES string of the molecule is CNCCN(C)CC(C=N)=C(N)c1cc(OCCOC)c(Cl)c(C(F)(F)F)c1. The Kier molecular flexibility index (Phi) is 9.74. The summed E-state index contributed by atoms with van der Waals surface area (Å²) in [5, 5.41) is 10.1. The molecule has 1 aromatic rings. The Morgan fingerprint density at radius 1 is 1.36 bits per heavy atom. The lowest BCUT2D eigenvalue weighted by atomic mass is 10.0. The van der Waals surface area contributed by atoms with Crippen LogP contribution in [0.3, 0.4) is 0 Å². The third-order valence-corrected chi connectivity index (χ3v) is 4.29. The summed E-state index contributed by atoms with van der Waals surface area (Å²) < 4.78 is 50.4. The van der Waals surface area contributed by atoms with E-state index in [0.717, 1.165) is 18.8 Å². The van der Waals surface area contributed by atoms with Gasteiger partial charge in [0.25, 0.3) is 0 Å². The normalized spacial score (nSPS) is 12.9. The molecule has 158 valence electrons. The number of hydrogen-bond donors (Lipinski definition) is 3. The first-order valence-electron chi connectivity index (χ1n) is 8.50. The van der Waals surface area contributed by atoms with Gasteiger partial charge in [0.15, 0.2) is 0 Å². The van der Waals surface area contributed by atoms with Crippen LogP contribution in [0.5, 0.6) is 5.75 Å². The summed E-state index contributed by atoms with van der Waals surface area (Å²) in [6.45, 7) is 1.93. The average molecular weight is 423 g/mol. The molecule has 0 aliphatic heterocycles. The highest BCUT2D eigenvalue weighted by atomic mass is 35.5. The number of ether oxygens (including phenoxy) is 2. The first-order valence-corrected chi connectivity index (χ1v) is 8.88. The lowest BCUT2D eigenvalue weighted by Gasteiger charge is -2.20. The molecule has 28 heavy (non-hydrogen) atoms. The van der Waals surface area contributed by atoms with Gasteiger partial charge in [0.05, 0.1) is 17.2 Å². The van der Waals surface area contributed by atoms with E-state index in [-0.39, 0.29) is 30.2 Å². The summed E-state index contributed by atoms with van der Waals surface area (Å²) in [7, 11) is 5.09. The van der Waals surface area contributed by atoms with Gasteiger partial charge in [0.1, 0.15) is 12.4 Å². The molecule has 1 rings (SSSR count). The fraction of sp³-hybridized carbons (Fsp3) is 0.500. The Hall–Kier alpha value is -1.81. The van der Waals surface area contributed by atoms with E-state index in [0.29, 0.717) is 18.7 Å². The molecule has 0 fully saturated rings. The van der Waals surface area contributed by atoms with Crippen molar-refractivity contribution in [3.05, 3.63) is 33.9 Å². The van der Waals surface area contributed by atoms with E-state index in [1.165, 1.54) is 13.2 Å².